The minimum atomic E-state index is -0.0959. The first-order chi connectivity index (χ1) is 13.1. The predicted molar refractivity (Wildman–Crippen MR) is 106 cm³/mol. The van der Waals surface area contributed by atoms with Crippen LogP contribution in [0, 0.1) is 6.92 Å². The molecule has 6 heteroatoms. The standard InChI is InChI=1S/C21H24N4O2/c1-14-7-4-12-20(25-21(26)24(3)23-25)19(14)13-27-22-15(2)17-10-5-8-16-9-6-11-18(16)17/h4-5,7-8,10,12,23H,6,9,11,13H2,1-3H3. The number of nitrogens with zero attached hydrogens (tertiary/aromatic N) is 3. The second-order valence-electron chi connectivity index (χ2n) is 7.10. The number of H-pyrrole nitrogens is 1. The molecule has 0 saturated heterocycles. The van der Waals surface area contributed by atoms with Crippen molar-refractivity contribution in [3.63, 3.8) is 0 Å². The van der Waals surface area contributed by atoms with Crippen LogP contribution in [0.25, 0.3) is 5.69 Å². The van der Waals surface area contributed by atoms with Gasteiger partial charge in [0.1, 0.15) is 6.61 Å². The third-order valence-corrected chi connectivity index (χ3v) is 5.30. The van der Waals surface area contributed by atoms with E-state index in [0.717, 1.165) is 35.4 Å². The molecule has 6 nitrogen and oxygen atoms in total. The van der Waals surface area contributed by atoms with Crippen molar-refractivity contribution in [1.29, 1.82) is 0 Å². The molecule has 0 aliphatic heterocycles. The van der Waals surface area contributed by atoms with Crippen molar-refractivity contribution in [3.8, 4) is 5.69 Å². The van der Waals surface area contributed by atoms with Crippen molar-refractivity contribution >= 4 is 5.71 Å². The highest BCUT2D eigenvalue weighted by molar-refractivity contribution is 6.00. The fourth-order valence-corrected chi connectivity index (χ4v) is 3.78. The highest BCUT2D eigenvalue weighted by Gasteiger charge is 2.16. The minimum absolute atomic E-state index is 0.0959. The van der Waals surface area contributed by atoms with E-state index in [9.17, 15) is 4.79 Å². The van der Waals surface area contributed by atoms with Crippen LogP contribution < -0.4 is 5.69 Å². The number of aromatic nitrogens is 3. The Hall–Kier alpha value is -3.02. The SMILES string of the molecule is CC(=NOCc1c(C)cccc1-n1[nH]n(C)c1=O)c1cccc2c1CCC2. The molecule has 140 valence electrons. The molecule has 4 rings (SSSR count). The van der Waals surface area contributed by atoms with Crippen LogP contribution in [0.15, 0.2) is 46.3 Å². The maximum atomic E-state index is 12.0. The van der Waals surface area contributed by atoms with Gasteiger partial charge in [0.05, 0.1) is 11.4 Å². The molecule has 1 aliphatic rings. The quantitative estimate of drug-likeness (QED) is 0.558. The maximum absolute atomic E-state index is 12.0. The van der Waals surface area contributed by atoms with Gasteiger partial charge in [-0.3, -0.25) is 0 Å². The summed E-state index contributed by atoms with van der Waals surface area (Å²) in [6, 6.07) is 12.3. The number of aryl methyl sites for hydroxylation is 3. The fraction of sp³-hybridized carbons (Fsp3) is 0.333. The van der Waals surface area contributed by atoms with Crippen LogP contribution in [0.4, 0.5) is 0 Å². The van der Waals surface area contributed by atoms with Crippen molar-refractivity contribution in [3.05, 3.63) is 74.7 Å². The minimum Gasteiger partial charge on any atom is -0.391 e. The Bertz CT molecular complexity index is 1070. The van der Waals surface area contributed by atoms with E-state index < -0.39 is 0 Å². The van der Waals surface area contributed by atoms with Gasteiger partial charge in [-0.15, -0.1) is 0 Å². The predicted octanol–water partition coefficient (Wildman–Crippen LogP) is 3.24. The molecule has 0 fully saturated rings. The number of benzene rings is 2. The molecule has 0 amide bonds. The first-order valence-corrected chi connectivity index (χ1v) is 9.26. The Balaban J connectivity index is 1.57. The van der Waals surface area contributed by atoms with Crippen LogP contribution in [-0.4, -0.2) is 20.3 Å². The second kappa shape index (κ2) is 6.95. The third-order valence-electron chi connectivity index (χ3n) is 5.30. The van der Waals surface area contributed by atoms with Crippen molar-refractivity contribution in [2.45, 2.75) is 39.7 Å². The van der Waals surface area contributed by atoms with Crippen LogP contribution in [-0.2, 0) is 31.3 Å². The third kappa shape index (κ3) is 3.12. The zero-order valence-electron chi connectivity index (χ0n) is 16.0. The molecular formula is C21H24N4O2. The summed E-state index contributed by atoms with van der Waals surface area (Å²) in [6.45, 7) is 4.31. The number of oxime groups is 1. The number of hydrogen-bond donors (Lipinski definition) is 1. The van der Waals surface area contributed by atoms with Crippen LogP contribution in [0.1, 0.15) is 41.2 Å². The monoisotopic (exact) mass is 364 g/mol. The second-order valence-corrected chi connectivity index (χ2v) is 7.10. The molecule has 1 heterocycles. The lowest BCUT2D eigenvalue weighted by atomic mass is 10.0. The lowest BCUT2D eigenvalue weighted by Gasteiger charge is -2.17. The van der Waals surface area contributed by atoms with Crippen LogP contribution in [0.3, 0.4) is 0 Å². The van der Waals surface area contributed by atoms with Gasteiger partial charge in [-0.25, -0.2) is 14.7 Å². The summed E-state index contributed by atoms with van der Waals surface area (Å²) >= 11 is 0. The molecule has 0 unspecified atom stereocenters. The zero-order chi connectivity index (χ0) is 19.0. The number of fused-ring (bicyclic) bond motifs is 1. The largest absolute Gasteiger partial charge is 0.391 e. The van der Waals surface area contributed by atoms with Gasteiger partial charge < -0.3 is 4.84 Å². The van der Waals surface area contributed by atoms with Gasteiger partial charge in [0.25, 0.3) is 0 Å². The van der Waals surface area contributed by atoms with Crippen LogP contribution >= 0.6 is 0 Å². The Morgan fingerprint density at radius 1 is 1.22 bits per heavy atom. The van der Waals surface area contributed by atoms with E-state index in [0.29, 0.717) is 6.61 Å². The molecule has 1 aromatic heterocycles. The first-order valence-electron chi connectivity index (χ1n) is 9.26. The van der Waals surface area contributed by atoms with E-state index in [2.05, 4.69) is 28.6 Å². The first kappa shape index (κ1) is 17.4. The Kier molecular flexibility index (Phi) is 4.48. The molecule has 0 saturated carbocycles. The van der Waals surface area contributed by atoms with Gasteiger partial charge >= 0.3 is 5.69 Å². The molecular weight excluding hydrogens is 340 g/mol. The Morgan fingerprint density at radius 3 is 2.81 bits per heavy atom. The van der Waals surface area contributed by atoms with Crippen molar-refractivity contribution in [2.24, 2.45) is 12.2 Å². The normalized spacial score (nSPS) is 13.8. The fourth-order valence-electron chi connectivity index (χ4n) is 3.78. The average molecular weight is 364 g/mol. The van der Waals surface area contributed by atoms with E-state index in [1.54, 1.807) is 7.05 Å². The summed E-state index contributed by atoms with van der Waals surface area (Å²) in [5.41, 5.74) is 7.60. The van der Waals surface area contributed by atoms with Crippen LogP contribution in [0.5, 0.6) is 0 Å². The highest BCUT2D eigenvalue weighted by Crippen LogP contribution is 2.26. The molecule has 2 aromatic carbocycles. The summed E-state index contributed by atoms with van der Waals surface area (Å²) in [5.74, 6) is 0. The molecule has 1 aliphatic carbocycles. The average Bonchev–Trinajstić information content (AvgIpc) is 3.15. The summed E-state index contributed by atoms with van der Waals surface area (Å²) in [7, 11) is 1.69. The van der Waals surface area contributed by atoms with Gasteiger partial charge in [-0.05, 0) is 55.9 Å². The maximum Gasteiger partial charge on any atom is 0.364 e. The topological polar surface area (TPSA) is 64.3 Å². The van der Waals surface area contributed by atoms with Crippen molar-refractivity contribution < 1.29 is 4.84 Å². The van der Waals surface area contributed by atoms with Gasteiger partial charge in [0.2, 0.25) is 0 Å². The number of hydrogen-bond acceptors (Lipinski definition) is 3. The number of nitrogens with one attached hydrogen (secondary N) is 1. The Labute approximate surface area is 158 Å². The summed E-state index contributed by atoms with van der Waals surface area (Å²) < 4.78 is 2.96. The molecule has 0 atom stereocenters. The van der Waals surface area contributed by atoms with E-state index in [4.69, 9.17) is 4.84 Å². The van der Waals surface area contributed by atoms with Gasteiger partial charge in [-0.2, -0.15) is 4.68 Å². The molecule has 3 aromatic rings. The molecule has 27 heavy (non-hydrogen) atoms. The highest BCUT2D eigenvalue weighted by atomic mass is 16.6. The van der Waals surface area contributed by atoms with Crippen molar-refractivity contribution in [1.82, 2.24) is 14.6 Å². The Morgan fingerprint density at radius 2 is 2.04 bits per heavy atom. The van der Waals surface area contributed by atoms with Gasteiger partial charge in [-0.1, -0.05) is 35.5 Å². The van der Waals surface area contributed by atoms with E-state index in [1.165, 1.54) is 32.5 Å². The number of aromatic amines is 1. The molecule has 0 spiro atoms. The molecule has 1 N–H and O–H groups in total. The summed E-state index contributed by atoms with van der Waals surface area (Å²) in [5, 5.41) is 7.32. The van der Waals surface area contributed by atoms with Crippen molar-refractivity contribution in [2.75, 3.05) is 0 Å². The summed E-state index contributed by atoms with van der Waals surface area (Å²) in [6.07, 6.45) is 3.46. The summed E-state index contributed by atoms with van der Waals surface area (Å²) in [4.78, 5) is 17.7. The van der Waals surface area contributed by atoms with E-state index in [-0.39, 0.29) is 5.69 Å². The lowest BCUT2D eigenvalue weighted by Crippen LogP contribution is -2.40. The zero-order valence-corrected chi connectivity index (χ0v) is 16.0. The van der Waals surface area contributed by atoms with Gasteiger partial charge in [0.15, 0.2) is 0 Å². The van der Waals surface area contributed by atoms with E-state index >= 15 is 0 Å². The lowest BCUT2D eigenvalue weighted by molar-refractivity contribution is 0.129. The molecule has 0 bridgehead atoms. The number of rotatable bonds is 5. The van der Waals surface area contributed by atoms with E-state index in [1.807, 2.05) is 32.0 Å². The molecule has 0 radical (unpaired) electrons. The van der Waals surface area contributed by atoms with Gasteiger partial charge in [0, 0.05) is 18.2 Å². The smallest absolute Gasteiger partial charge is 0.364 e. The van der Waals surface area contributed by atoms with Crippen LogP contribution in [0.2, 0.25) is 0 Å².